The van der Waals surface area contributed by atoms with Crippen molar-refractivity contribution in [1.29, 1.82) is 0 Å². The molecule has 0 bridgehead atoms. The standard InChI is InChI=1S/C15H29N5O2.HI/c1-11(2)18-15(17-9-14(22)19(3)4)20-7-5-6-12(10-20)8-13(16)21;/h11-12H,5-10H2,1-4H3,(H2,16,21)(H,17,18);1H. The Morgan fingerprint density at radius 1 is 1.39 bits per heavy atom. The summed E-state index contributed by atoms with van der Waals surface area (Å²) >= 11 is 0. The molecule has 2 amide bonds. The third-order valence-corrected chi connectivity index (χ3v) is 3.59. The van der Waals surface area contributed by atoms with Crippen LogP contribution in [0.25, 0.3) is 0 Å². The number of carbonyl (C=O) groups excluding carboxylic acids is 2. The Kier molecular flexibility index (Phi) is 10.2. The number of likely N-dealkylation sites (tertiary alicyclic amines) is 1. The first-order valence-electron chi connectivity index (χ1n) is 7.84. The summed E-state index contributed by atoms with van der Waals surface area (Å²) in [4.78, 5) is 31.0. The third-order valence-electron chi connectivity index (χ3n) is 3.59. The van der Waals surface area contributed by atoms with Crippen LogP contribution in [0.4, 0.5) is 0 Å². The van der Waals surface area contributed by atoms with E-state index in [1.165, 1.54) is 4.90 Å². The quantitative estimate of drug-likeness (QED) is 0.374. The summed E-state index contributed by atoms with van der Waals surface area (Å²) in [5.74, 6) is 0.702. The van der Waals surface area contributed by atoms with Crippen molar-refractivity contribution < 1.29 is 9.59 Å². The smallest absolute Gasteiger partial charge is 0.243 e. The second-order valence-electron chi connectivity index (χ2n) is 6.35. The number of piperidine rings is 1. The molecule has 23 heavy (non-hydrogen) atoms. The van der Waals surface area contributed by atoms with Gasteiger partial charge in [-0.3, -0.25) is 9.59 Å². The summed E-state index contributed by atoms with van der Waals surface area (Å²) in [6.45, 7) is 5.82. The van der Waals surface area contributed by atoms with Crippen LogP contribution in [0.15, 0.2) is 4.99 Å². The number of guanidine groups is 1. The lowest BCUT2D eigenvalue weighted by Gasteiger charge is -2.35. The Morgan fingerprint density at radius 2 is 2.04 bits per heavy atom. The number of carbonyl (C=O) groups is 2. The number of nitrogens with zero attached hydrogens (tertiary/aromatic N) is 3. The van der Waals surface area contributed by atoms with Crippen molar-refractivity contribution in [2.45, 2.75) is 39.2 Å². The summed E-state index contributed by atoms with van der Waals surface area (Å²) in [5.41, 5.74) is 5.30. The summed E-state index contributed by atoms with van der Waals surface area (Å²) in [7, 11) is 3.44. The molecule has 1 atom stereocenters. The molecule has 0 spiro atoms. The Morgan fingerprint density at radius 3 is 2.57 bits per heavy atom. The predicted molar refractivity (Wildman–Crippen MR) is 103 cm³/mol. The van der Waals surface area contributed by atoms with E-state index in [1.807, 2.05) is 13.8 Å². The van der Waals surface area contributed by atoms with Crippen molar-refractivity contribution in [3.8, 4) is 0 Å². The van der Waals surface area contributed by atoms with Crippen molar-refractivity contribution in [2.24, 2.45) is 16.6 Å². The normalized spacial score (nSPS) is 18.4. The molecule has 8 heteroatoms. The Labute approximate surface area is 156 Å². The van der Waals surface area contributed by atoms with Gasteiger partial charge in [-0.15, -0.1) is 24.0 Å². The van der Waals surface area contributed by atoms with E-state index in [1.54, 1.807) is 14.1 Å². The van der Waals surface area contributed by atoms with Gasteiger partial charge in [-0.2, -0.15) is 0 Å². The molecule has 1 saturated heterocycles. The SMILES string of the molecule is CC(C)NC(=NCC(=O)N(C)C)N1CCCC(CC(N)=O)C1.I. The largest absolute Gasteiger partial charge is 0.370 e. The highest BCUT2D eigenvalue weighted by Crippen LogP contribution is 2.19. The number of halogens is 1. The maximum atomic E-state index is 11.7. The van der Waals surface area contributed by atoms with E-state index in [2.05, 4.69) is 15.2 Å². The lowest BCUT2D eigenvalue weighted by molar-refractivity contribution is -0.127. The topological polar surface area (TPSA) is 91.0 Å². The van der Waals surface area contributed by atoms with E-state index in [0.29, 0.717) is 6.42 Å². The third kappa shape index (κ3) is 8.38. The van der Waals surface area contributed by atoms with Gasteiger partial charge in [0.05, 0.1) is 0 Å². The van der Waals surface area contributed by atoms with E-state index in [4.69, 9.17) is 5.73 Å². The molecule has 134 valence electrons. The molecule has 0 aromatic heterocycles. The van der Waals surface area contributed by atoms with Crippen molar-refractivity contribution in [1.82, 2.24) is 15.1 Å². The highest BCUT2D eigenvalue weighted by Gasteiger charge is 2.24. The number of amides is 2. The van der Waals surface area contributed by atoms with Gasteiger partial charge in [0.15, 0.2) is 5.96 Å². The van der Waals surface area contributed by atoms with Crippen molar-refractivity contribution >= 4 is 41.8 Å². The lowest BCUT2D eigenvalue weighted by atomic mass is 9.95. The molecule has 7 nitrogen and oxygen atoms in total. The van der Waals surface area contributed by atoms with Gasteiger partial charge in [0.1, 0.15) is 6.54 Å². The molecule has 1 aliphatic rings. The molecule has 1 aliphatic heterocycles. The number of likely N-dealkylation sites (N-methyl/N-ethyl adjacent to an activating group) is 1. The average molecular weight is 439 g/mol. The fraction of sp³-hybridized carbons (Fsp3) is 0.800. The molecule has 0 saturated carbocycles. The van der Waals surface area contributed by atoms with Crippen molar-refractivity contribution in [2.75, 3.05) is 33.7 Å². The summed E-state index contributed by atoms with van der Waals surface area (Å²) in [6.07, 6.45) is 2.41. The molecule has 0 aromatic carbocycles. The zero-order chi connectivity index (χ0) is 16.7. The molecule has 1 rings (SSSR count). The summed E-state index contributed by atoms with van der Waals surface area (Å²) in [5, 5.41) is 3.31. The van der Waals surface area contributed by atoms with Crippen LogP contribution >= 0.6 is 24.0 Å². The highest BCUT2D eigenvalue weighted by atomic mass is 127. The number of rotatable bonds is 5. The Balaban J connectivity index is 0.00000484. The van der Waals surface area contributed by atoms with Crippen LogP contribution in [0.3, 0.4) is 0 Å². The summed E-state index contributed by atoms with van der Waals surface area (Å²) in [6, 6.07) is 0.227. The number of aliphatic imine (C=N–C) groups is 1. The fourth-order valence-electron chi connectivity index (χ4n) is 2.49. The minimum atomic E-state index is -0.259. The van der Waals surface area contributed by atoms with Gasteiger partial charge >= 0.3 is 0 Å². The maximum Gasteiger partial charge on any atom is 0.243 e. The van der Waals surface area contributed by atoms with E-state index in [9.17, 15) is 9.59 Å². The number of nitrogens with two attached hydrogens (primary N) is 1. The minimum absolute atomic E-state index is 0. The van der Waals surface area contributed by atoms with Crippen molar-refractivity contribution in [3.63, 3.8) is 0 Å². The molecule has 1 fully saturated rings. The van der Waals surface area contributed by atoms with Crippen LogP contribution in [0, 0.1) is 5.92 Å². The van der Waals surface area contributed by atoms with Gasteiger partial charge in [-0.1, -0.05) is 0 Å². The average Bonchev–Trinajstić information content (AvgIpc) is 2.42. The number of nitrogens with one attached hydrogen (secondary N) is 1. The van der Waals surface area contributed by atoms with Gasteiger partial charge in [0.25, 0.3) is 0 Å². The number of hydrogen-bond acceptors (Lipinski definition) is 3. The zero-order valence-electron chi connectivity index (χ0n) is 14.5. The first kappa shape index (κ1) is 21.9. The van der Waals surface area contributed by atoms with Gasteiger partial charge < -0.3 is 20.9 Å². The van der Waals surface area contributed by atoms with E-state index >= 15 is 0 Å². The molecule has 1 heterocycles. The fourth-order valence-corrected chi connectivity index (χ4v) is 2.49. The van der Waals surface area contributed by atoms with Gasteiger partial charge in [-0.25, -0.2) is 4.99 Å². The van der Waals surface area contributed by atoms with Crippen LogP contribution in [-0.4, -0.2) is 67.3 Å². The van der Waals surface area contributed by atoms with Crippen LogP contribution in [-0.2, 0) is 9.59 Å². The monoisotopic (exact) mass is 439 g/mol. The Hall–Kier alpha value is -1.06. The van der Waals surface area contributed by atoms with Crippen LogP contribution in [0.5, 0.6) is 0 Å². The van der Waals surface area contributed by atoms with Gasteiger partial charge in [0, 0.05) is 39.6 Å². The molecule has 0 radical (unpaired) electrons. The van der Waals surface area contributed by atoms with Crippen molar-refractivity contribution in [3.05, 3.63) is 0 Å². The molecule has 1 unspecified atom stereocenters. The molecule has 0 aromatic rings. The molecular formula is C15H30IN5O2. The Bertz CT molecular complexity index is 426. The van der Waals surface area contributed by atoms with E-state index in [0.717, 1.165) is 31.9 Å². The van der Waals surface area contributed by atoms with Crippen LogP contribution in [0.2, 0.25) is 0 Å². The second-order valence-corrected chi connectivity index (χ2v) is 6.35. The first-order chi connectivity index (χ1) is 10.3. The number of primary amides is 1. The maximum absolute atomic E-state index is 11.7. The highest BCUT2D eigenvalue weighted by molar-refractivity contribution is 14.0. The van der Waals surface area contributed by atoms with Gasteiger partial charge in [0.2, 0.25) is 11.8 Å². The molecule has 3 N–H and O–H groups in total. The predicted octanol–water partition coefficient (Wildman–Crippen LogP) is 0.634. The second kappa shape index (κ2) is 10.7. The van der Waals surface area contributed by atoms with E-state index < -0.39 is 0 Å². The summed E-state index contributed by atoms with van der Waals surface area (Å²) < 4.78 is 0. The van der Waals surface area contributed by atoms with E-state index in [-0.39, 0.29) is 54.3 Å². The minimum Gasteiger partial charge on any atom is -0.370 e. The first-order valence-corrected chi connectivity index (χ1v) is 7.84. The zero-order valence-corrected chi connectivity index (χ0v) is 16.9. The molecule has 0 aliphatic carbocycles. The van der Waals surface area contributed by atoms with Gasteiger partial charge in [-0.05, 0) is 32.6 Å². The number of hydrogen-bond donors (Lipinski definition) is 2. The van der Waals surface area contributed by atoms with Crippen LogP contribution in [0.1, 0.15) is 33.1 Å². The van der Waals surface area contributed by atoms with Crippen LogP contribution < -0.4 is 11.1 Å². The lowest BCUT2D eigenvalue weighted by Crippen LogP contribution is -2.49. The molecular weight excluding hydrogens is 409 g/mol.